The SMILES string of the molecule is CC(C)C=CC1=CC(=O)OC1=O. The van der Waals surface area contributed by atoms with Gasteiger partial charge in [-0.15, -0.1) is 0 Å². The second kappa shape index (κ2) is 3.34. The first-order chi connectivity index (χ1) is 5.59. The molecular formula is C9H10O3. The molecule has 0 atom stereocenters. The Bertz CT molecular complexity index is 271. The molecule has 3 heteroatoms. The Morgan fingerprint density at radius 3 is 2.50 bits per heavy atom. The highest BCUT2D eigenvalue weighted by atomic mass is 16.6. The van der Waals surface area contributed by atoms with Gasteiger partial charge >= 0.3 is 11.9 Å². The van der Waals surface area contributed by atoms with E-state index in [4.69, 9.17) is 0 Å². The molecule has 0 aromatic rings. The van der Waals surface area contributed by atoms with Gasteiger partial charge in [0.1, 0.15) is 0 Å². The molecule has 0 radical (unpaired) electrons. The van der Waals surface area contributed by atoms with Crippen molar-refractivity contribution in [3.63, 3.8) is 0 Å². The van der Waals surface area contributed by atoms with Crippen LogP contribution in [0.15, 0.2) is 23.8 Å². The molecule has 12 heavy (non-hydrogen) atoms. The predicted octanol–water partition coefficient (Wildman–Crippen LogP) is 1.21. The quantitative estimate of drug-likeness (QED) is 0.457. The number of cyclic esters (lactones) is 2. The van der Waals surface area contributed by atoms with Gasteiger partial charge in [0.05, 0.1) is 5.57 Å². The molecule has 0 aromatic carbocycles. The van der Waals surface area contributed by atoms with Gasteiger partial charge in [0.15, 0.2) is 0 Å². The highest BCUT2D eigenvalue weighted by Gasteiger charge is 2.20. The van der Waals surface area contributed by atoms with Crippen LogP contribution in [0.3, 0.4) is 0 Å². The average molecular weight is 166 g/mol. The average Bonchev–Trinajstić information content (AvgIpc) is 2.26. The lowest BCUT2D eigenvalue weighted by Crippen LogP contribution is -2.00. The van der Waals surface area contributed by atoms with Gasteiger partial charge < -0.3 is 4.74 Å². The molecule has 3 nitrogen and oxygen atoms in total. The lowest BCUT2D eigenvalue weighted by molar-refractivity contribution is -0.150. The van der Waals surface area contributed by atoms with Crippen LogP contribution >= 0.6 is 0 Å². The van der Waals surface area contributed by atoms with E-state index in [0.29, 0.717) is 11.5 Å². The van der Waals surface area contributed by atoms with E-state index in [9.17, 15) is 9.59 Å². The van der Waals surface area contributed by atoms with Crippen LogP contribution in [0.1, 0.15) is 13.8 Å². The number of hydrogen-bond donors (Lipinski definition) is 0. The first-order valence-electron chi connectivity index (χ1n) is 3.75. The van der Waals surface area contributed by atoms with Crippen LogP contribution in [0.2, 0.25) is 0 Å². The molecule has 1 heterocycles. The molecule has 1 aliphatic heterocycles. The number of carbonyl (C=O) groups excluding carboxylic acids is 2. The van der Waals surface area contributed by atoms with Crippen LogP contribution in [-0.2, 0) is 14.3 Å². The standard InChI is InChI=1S/C9H10O3/c1-6(2)3-4-7-5-8(10)12-9(7)11/h3-6H,1-2H3. The molecule has 0 aliphatic carbocycles. The molecule has 0 fully saturated rings. The first-order valence-corrected chi connectivity index (χ1v) is 3.75. The van der Waals surface area contributed by atoms with E-state index in [0.717, 1.165) is 0 Å². The molecule has 0 N–H and O–H groups in total. The smallest absolute Gasteiger partial charge is 0.346 e. The number of ether oxygens (including phenoxy) is 1. The number of hydrogen-bond acceptors (Lipinski definition) is 3. The van der Waals surface area contributed by atoms with Crippen molar-refractivity contribution < 1.29 is 14.3 Å². The molecule has 1 aliphatic rings. The third kappa shape index (κ3) is 2.05. The minimum Gasteiger partial charge on any atom is -0.386 e. The van der Waals surface area contributed by atoms with Crippen LogP contribution in [0, 0.1) is 5.92 Å². The summed E-state index contributed by atoms with van der Waals surface area (Å²) in [6.07, 6.45) is 4.64. The summed E-state index contributed by atoms with van der Waals surface area (Å²) in [6.45, 7) is 3.97. The normalized spacial score (nSPS) is 17.4. The molecule has 0 spiro atoms. The maximum Gasteiger partial charge on any atom is 0.346 e. The summed E-state index contributed by atoms with van der Waals surface area (Å²) in [4.78, 5) is 21.4. The minimum absolute atomic E-state index is 0.328. The predicted molar refractivity (Wildman–Crippen MR) is 43.2 cm³/mol. The van der Waals surface area contributed by atoms with Crippen LogP contribution < -0.4 is 0 Å². The zero-order valence-corrected chi connectivity index (χ0v) is 7.03. The van der Waals surface area contributed by atoms with E-state index in [2.05, 4.69) is 4.74 Å². The minimum atomic E-state index is -0.580. The Morgan fingerprint density at radius 1 is 1.42 bits per heavy atom. The van der Waals surface area contributed by atoms with E-state index >= 15 is 0 Å². The lowest BCUT2D eigenvalue weighted by atomic mass is 10.1. The molecule has 0 saturated heterocycles. The summed E-state index contributed by atoms with van der Waals surface area (Å²) in [5.41, 5.74) is 0.328. The van der Waals surface area contributed by atoms with Gasteiger partial charge in [-0.25, -0.2) is 9.59 Å². The summed E-state index contributed by atoms with van der Waals surface area (Å²) >= 11 is 0. The third-order valence-electron chi connectivity index (χ3n) is 1.36. The first kappa shape index (κ1) is 8.71. The van der Waals surface area contributed by atoms with Crippen LogP contribution in [-0.4, -0.2) is 11.9 Å². The number of esters is 2. The van der Waals surface area contributed by atoms with Crippen molar-refractivity contribution in [2.24, 2.45) is 5.92 Å². The van der Waals surface area contributed by atoms with Crippen molar-refractivity contribution in [2.45, 2.75) is 13.8 Å². The Balaban J connectivity index is 2.70. The number of carbonyl (C=O) groups is 2. The molecule has 0 saturated carbocycles. The van der Waals surface area contributed by atoms with Crippen LogP contribution in [0.5, 0.6) is 0 Å². The summed E-state index contributed by atoms with van der Waals surface area (Å²) in [6, 6.07) is 0. The number of allylic oxidation sites excluding steroid dienone is 1. The summed E-state index contributed by atoms with van der Waals surface area (Å²) in [5.74, 6) is -0.783. The van der Waals surface area contributed by atoms with Gasteiger partial charge in [-0.05, 0) is 5.92 Å². The molecular weight excluding hydrogens is 156 g/mol. The Kier molecular flexibility index (Phi) is 2.43. The van der Waals surface area contributed by atoms with E-state index in [1.165, 1.54) is 6.08 Å². The van der Waals surface area contributed by atoms with E-state index < -0.39 is 11.9 Å². The summed E-state index contributed by atoms with van der Waals surface area (Å²) in [7, 11) is 0. The molecule has 0 unspecified atom stereocenters. The second-order valence-corrected chi connectivity index (χ2v) is 2.91. The topological polar surface area (TPSA) is 43.4 Å². The second-order valence-electron chi connectivity index (χ2n) is 2.91. The molecule has 0 amide bonds. The van der Waals surface area contributed by atoms with E-state index in [-0.39, 0.29) is 0 Å². The highest BCUT2D eigenvalue weighted by molar-refractivity contribution is 6.10. The van der Waals surface area contributed by atoms with E-state index in [1.807, 2.05) is 19.9 Å². The zero-order valence-electron chi connectivity index (χ0n) is 7.03. The van der Waals surface area contributed by atoms with Crippen molar-refractivity contribution >= 4 is 11.9 Å². The fourth-order valence-electron chi connectivity index (χ4n) is 0.778. The molecule has 1 rings (SSSR count). The molecule has 64 valence electrons. The van der Waals surface area contributed by atoms with Crippen LogP contribution in [0.4, 0.5) is 0 Å². The van der Waals surface area contributed by atoms with Crippen molar-refractivity contribution in [2.75, 3.05) is 0 Å². The van der Waals surface area contributed by atoms with Crippen molar-refractivity contribution in [3.8, 4) is 0 Å². The Morgan fingerprint density at radius 2 is 2.08 bits per heavy atom. The van der Waals surface area contributed by atoms with E-state index in [1.54, 1.807) is 6.08 Å². The highest BCUT2D eigenvalue weighted by Crippen LogP contribution is 2.10. The lowest BCUT2D eigenvalue weighted by Gasteiger charge is -1.92. The van der Waals surface area contributed by atoms with Crippen molar-refractivity contribution in [1.82, 2.24) is 0 Å². The Hall–Kier alpha value is -1.38. The summed E-state index contributed by atoms with van der Waals surface area (Å²) < 4.78 is 4.28. The van der Waals surface area contributed by atoms with Crippen LogP contribution in [0.25, 0.3) is 0 Å². The molecule has 0 aromatic heterocycles. The maximum atomic E-state index is 10.8. The van der Waals surface area contributed by atoms with Gasteiger partial charge in [0.25, 0.3) is 0 Å². The van der Waals surface area contributed by atoms with Gasteiger partial charge in [0, 0.05) is 6.08 Å². The monoisotopic (exact) mass is 166 g/mol. The van der Waals surface area contributed by atoms with Gasteiger partial charge in [0.2, 0.25) is 0 Å². The third-order valence-corrected chi connectivity index (χ3v) is 1.36. The zero-order chi connectivity index (χ0) is 9.14. The fourth-order valence-corrected chi connectivity index (χ4v) is 0.778. The summed E-state index contributed by atoms with van der Waals surface area (Å²) in [5, 5.41) is 0. The van der Waals surface area contributed by atoms with Gasteiger partial charge in [-0.2, -0.15) is 0 Å². The van der Waals surface area contributed by atoms with Gasteiger partial charge in [-0.3, -0.25) is 0 Å². The maximum absolute atomic E-state index is 10.8. The fraction of sp³-hybridized carbons (Fsp3) is 0.333. The molecule has 0 bridgehead atoms. The largest absolute Gasteiger partial charge is 0.386 e. The van der Waals surface area contributed by atoms with Crippen molar-refractivity contribution in [1.29, 1.82) is 0 Å². The van der Waals surface area contributed by atoms with Crippen molar-refractivity contribution in [3.05, 3.63) is 23.8 Å². The Labute approximate surface area is 70.7 Å². The van der Waals surface area contributed by atoms with Gasteiger partial charge in [-0.1, -0.05) is 26.0 Å². The number of rotatable bonds is 2.